The van der Waals surface area contributed by atoms with Gasteiger partial charge in [-0.15, -0.1) is 0 Å². The van der Waals surface area contributed by atoms with Gasteiger partial charge in [0.05, 0.1) is 5.92 Å². The molecule has 0 fully saturated rings. The maximum Gasteiger partial charge on any atom is 0.227 e. The summed E-state index contributed by atoms with van der Waals surface area (Å²) in [6.07, 6.45) is 1.88. The van der Waals surface area contributed by atoms with Crippen LogP contribution in [0, 0.1) is 0 Å². The molecule has 1 amide bonds. The summed E-state index contributed by atoms with van der Waals surface area (Å²) in [5.41, 5.74) is 4.99. The van der Waals surface area contributed by atoms with Gasteiger partial charge < -0.3 is 10.6 Å². The van der Waals surface area contributed by atoms with E-state index in [2.05, 4.69) is 35.8 Å². The van der Waals surface area contributed by atoms with E-state index < -0.39 is 0 Å². The lowest BCUT2D eigenvalue weighted by Crippen LogP contribution is -2.29. The molecule has 3 heteroatoms. The van der Waals surface area contributed by atoms with Crippen LogP contribution in [0.1, 0.15) is 47.9 Å². The van der Waals surface area contributed by atoms with E-state index >= 15 is 0 Å². The summed E-state index contributed by atoms with van der Waals surface area (Å²) in [7, 11) is 0. The molecular weight excluding hydrogens is 284 g/mol. The second kappa shape index (κ2) is 7.42. The zero-order valence-corrected chi connectivity index (χ0v) is 13.6. The van der Waals surface area contributed by atoms with Gasteiger partial charge >= 0.3 is 0 Å². The molecule has 3 nitrogen and oxygen atoms in total. The van der Waals surface area contributed by atoms with Crippen LogP contribution in [0.3, 0.4) is 0 Å². The summed E-state index contributed by atoms with van der Waals surface area (Å²) in [5.74, 6) is 0.0639. The molecule has 1 atom stereocenters. The molecule has 0 aromatic heterocycles. The van der Waals surface area contributed by atoms with Crippen molar-refractivity contribution in [3.63, 3.8) is 0 Å². The maximum absolute atomic E-state index is 12.6. The fourth-order valence-corrected chi connectivity index (χ4v) is 3.19. The Kier molecular flexibility index (Phi) is 5.09. The van der Waals surface area contributed by atoms with E-state index in [-0.39, 0.29) is 11.8 Å². The Labute approximate surface area is 138 Å². The number of benzene rings is 2. The Hall–Kier alpha value is -2.13. The Morgan fingerprint density at radius 3 is 2.70 bits per heavy atom. The van der Waals surface area contributed by atoms with E-state index in [1.54, 1.807) is 0 Å². The van der Waals surface area contributed by atoms with E-state index in [0.29, 0.717) is 6.54 Å². The van der Waals surface area contributed by atoms with Crippen LogP contribution < -0.4 is 10.6 Å². The van der Waals surface area contributed by atoms with Crippen molar-refractivity contribution in [1.29, 1.82) is 0 Å². The number of carbonyl (C=O) groups is 1. The molecule has 1 aliphatic heterocycles. The highest BCUT2D eigenvalue weighted by Crippen LogP contribution is 2.22. The molecular formula is C20H24N2O. The molecule has 2 N–H and O–H groups in total. The van der Waals surface area contributed by atoms with Gasteiger partial charge in [-0.05, 0) is 28.7 Å². The number of hydrogen-bond acceptors (Lipinski definition) is 2. The van der Waals surface area contributed by atoms with Crippen molar-refractivity contribution in [1.82, 2.24) is 10.6 Å². The molecule has 0 aliphatic carbocycles. The molecule has 0 spiro atoms. The number of hydrogen-bond donors (Lipinski definition) is 2. The summed E-state index contributed by atoms with van der Waals surface area (Å²) in [4.78, 5) is 12.6. The normalized spacial score (nSPS) is 14.3. The molecule has 1 aliphatic rings. The van der Waals surface area contributed by atoms with Crippen molar-refractivity contribution in [2.24, 2.45) is 0 Å². The summed E-state index contributed by atoms with van der Waals surface area (Å²) >= 11 is 0. The largest absolute Gasteiger partial charge is 0.351 e. The minimum atomic E-state index is -0.0581. The number of fused-ring (bicyclic) bond motifs is 1. The monoisotopic (exact) mass is 308 g/mol. The Morgan fingerprint density at radius 1 is 1.13 bits per heavy atom. The third-order valence-electron chi connectivity index (χ3n) is 4.46. The number of rotatable bonds is 6. The van der Waals surface area contributed by atoms with Gasteiger partial charge in [0.2, 0.25) is 5.91 Å². The standard InChI is InChI=1S/C20H24N2O/c1-2-6-19(16-7-4-3-5-8-16)20(23)22-12-15-9-10-17-13-21-14-18(17)11-15/h3-5,7-11,19,21H,2,6,12-14H2,1H3,(H,22,23). The van der Waals surface area contributed by atoms with Gasteiger partial charge in [-0.25, -0.2) is 0 Å². The van der Waals surface area contributed by atoms with E-state index in [4.69, 9.17) is 0 Å². The Bertz CT molecular complexity index is 667. The average Bonchev–Trinajstić information content (AvgIpc) is 3.06. The summed E-state index contributed by atoms with van der Waals surface area (Å²) in [6, 6.07) is 16.6. The second-order valence-corrected chi connectivity index (χ2v) is 6.18. The first-order valence-electron chi connectivity index (χ1n) is 8.42. The highest BCUT2D eigenvalue weighted by molar-refractivity contribution is 5.83. The van der Waals surface area contributed by atoms with Crippen molar-refractivity contribution in [2.45, 2.75) is 45.3 Å². The lowest BCUT2D eigenvalue weighted by atomic mass is 9.93. The summed E-state index contributed by atoms with van der Waals surface area (Å²) in [5, 5.41) is 6.46. The molecule has 0 bridgehead atoms. The van der Waals surface area contributed by atoms with Crippen LogP contribution in [0.5, 0.6) is 0 Å². The predicted molar refractivity (Wildman–Crippen MR) is 92.9 cm³/mol. The maximum atomic E-state index is 12.6. The molecule has 1 heterocycles. The molecule has 0 saturated heterocycles. The number of nitrogens with one attached hydrogen (secondary N) is 2. The quantitative estimate of drug-likeness (QED) is 0.857. The zero-order valence-electron chi connectivity index (χ0n) is 13.6. The summed E-state index contributed by atoms with van der Waals surface area (Å²) in [6.45, 7) is 4.60. The second-order valence-electron chi connectivity index (χ2n) is 6.18. The topological polar surface area (TPSA) is 41.1 Å². The first kappa shape index (κ1) is 15.8. The Balaban J connectivity index is 1.65. The fraction of sp³-hybridized carbons (Fsp3) is 0.350. The first-order chi connectivity index (χ1) is 11.3. The van der Waals surface area contributed by atoms with Crippen LogP contribution in [-0.2, 0) is 24.4 Å². The van der Waals surface area contributed by atoms with Crippen LogP contribution in [0.2, 0.25) is 0 Å². The van der Waals surface area contributed by atoms with Gasteiger partial charge in [-0.1, -0.05) is 61.9 Å². The van der Waals surface area contributed by atoms with E-state index in [0.717, 1.165) is 31.5 Å². The van der Waals surface area contributed by atoms with E-state index in [1.165, 1.54) is 16.7 Å². The minimum Gasteiger partial charge on any atom is -0.351 e. The molecule has 2 aromatic rings. The lowest BCUT2D eigenvalue weighted by molar-refractivity contribution is -0.122. The molecule has 0 saturated carbocycles. The van der Waals surface area contributed by atoms with Crippen molar-refractivity contribution in [3.05, 3.63) is 70.8 Å². The Morgan fingerprint density at radius 2 is 1.91 bits per heavy atom. The number of amides is 1. The lowest BCUT2D eigenvalue weighted by Gasteiger charge is -2.17. The van der Waals surface area contributed by atoms with Gasteiger partial charge in [0.25, 0.3) is 0 Å². The first-order valence-corrected chi connectivity index (χ1v) is 8.42. The van der Waals surface area contributed by atoms with Gasteiger partial charge in [0, 0.05) is 19.6 Å². The van der Waals surface area contributed by atoms with Gasteiger partial charge in [0.15, 0.2) is 0 Å². The molecule has 120 valence electrons. The molecule has 1 unspecified atom stereocenters. The summed E-state index contributed by atoms with van der Waals surface area (Å²) < 4.78 is 0. The average molecular weight is 308 g/mol. The smallest absolute Gasteiger partial charge is 0.227 e. The van der Waals surface area contributed by atoms with Gasteiger partial charge in [-0.3, -0.25) is 4.79 Å². The van der Waals surface area contributed by atoms with Crippen LogP contribution >= 0.6 is 0 Å². The third-order valence-corrected chi connectivity index (χ3v) is 4.46. The van der Waals surface area contributed by atoms with Crippen molar-refractivity contribution in [3.8, 4) is 0 Å². The molecule has 23 heavy (non-hydrogen) atoms. The fourth-order valence-electron chi connectivity index (χ4n) is 3.19. The van der Waals surface area contributed by atoms with Crippen LogP contribution in [0.4, 0.5) is 0 Å². The van der Waals surface area contributed by atoms with Crippen molar-refractivity contribution in [2.75, 3.05) is 0 Å². The third kappa shape index (κ3) is 3.80. The predicted octanol–water partition coefficient (Wildman–Crippen LogP) is 3.49. The molecule has 3 rings (SSSR count). The van der Waals surface area contributed by atoms with Crippen molar-refractivity contribution < 1.29 is 4.79 Å². The number of carbonyl (C=O) groups excluding carboxylic acids is 1. The van der Waals surface area contributed by atoms with Gasteiger partial charge in [-0.2, -0.15) is 0 Å². The van der Waals surface area contributed by atoms with E-state index in [1.807, 2.05) is 30.3 Å². The van der Waals surface area contributed by atoms with Crippen LogP contribution in [0.25, 0.3) is 0 Å². The zero-order chi connectivity index (χ0) is 16.1. The highest BCUT2D eigenvalue weighted by atomic mass is 16.1. The highest BCUT2D eigenvalue weighted by Gasteiger charge is 2.19. The molecule has 2 aromatic carbocycles. The van der Waals surface area contributed by atoms with Gasteiger partial charge in [0.1, 0.15) is 0 Å². The van der Waals surface area contributed by atoms with Crippen LogP contribution in [0.15, 0.2) is 48.5 Å². The minimum absolute atomic E-state index is 0.0581. The van der Waals surface area contributed by atoms with E-state index in [9.17, 15) is 4.79 Å². The van der Waals surface area contributed by atoms with Crippen LogP contribution in [-0.4, -0.2) is 5.91 Å². The SMILES string of the molecule is CCCC(C(=O)NCc1ccc2c(c1)CNC2)c1ccccc1. The molecule has 0 radical (unpaired) electrons. The van der Waals surface area contributed by atoms with Crippen molar-refractivity contribution >= 4 is 5.91 Å².